The number of fused-ring (bicyclic) bond motifs is 5. The summed E-state index contributed by atoms with van der Waals surface area (Å²) in [5.41, 5.74) is 5.64. The minimum Gasteiger partial charge on any atom is -0.445 e. The van der Waals surface area contributed by atoms with Crippen LogP contribution in [0.3, 0.4) is 0 Å². The van der Waals surface area contributed by atoms with Crippen molar-refractivity contribution >= 4 is 39.7 Å². The number of rotatable bonds is 7. The smallest absolute Gasteiger partial charge is 0.426 e. The summed E-state index contributed by atoms with van der Waals surface area (Å²) in [6, 6.07) is 14.0. The Hall–Kier alpha value is -4.92. The maximum Gasteiger partial charge on any atom is 0.426 e. The van der Waals surface area contributed by atoms with Crippen LogP contribution in [0, 0.1) is 5.92 Å². The van der Waals surface area contributed by atoms with Crippen LogP contribution in [0.5, 0.6) is 0 Å². The van der Waals surface area contributed by atoms with Gasteiger partial charge in [0.2, 0.25) is 15.9 Å². The van der Waals surface area contributed by atoms with Gasteiger partial charge in [-0.3, -0.25) is 14.3 Å². The van der Waals surface area contributed by atoms with Crippen molar-refractivity contribution in [1.29, 1.82) is 0 Å². The van der Waals surface area contributed by atoms with E-state index in [9.17, 15) is 27.6 Å². The van der Waals surface area contributed by atoms with Gasteiger partial charge in [0, 0.05) is 30.0 Å². The molecule has 4 atom stereocenters. The van der Waals surface area contributed by atoms with Crippen molar-refractivity contribution in [2.45, 2.75) is 106 Å². The number of carbonyl (C=O) groups excluding carboxylic acids is 4. The Labute approximate surface area is 314 Å². The van der Waals surface area contributed by atoms with Crippen molar-refractivity contribution in [3.63, 3.8) is 0 Å². The zero-order valence-electron chi connectivity index (χ0n) is 30.1. The Bertz CT molecular complexity index is 1950. The van der Waals surface area contributed by atoms with Gasteiger partial charge in [-0.25, -0.2) is 28.4 Å². The van der Waals surface area contributed by atoms with Crippen LogP contribution in [0.15, 0.2) is 65.8 Å². The molecule has 54 heavy (non-hydrogen) atoms. The maximum absolute atomic E-state index is 14.4. The number of amides is 5. The lowest BCUT2D eigenvalue weighted by Crippen LogP contribution is -2.59. The van der Waals surface area contributed by atoms with Crippen LogP contribution in [0.2, 0.25) is 0 Å². The Morgan fingerprint density at radius 1 is 0.870 bits per heavy atom. The summed E-state index contributed by atoms with van der Waals surface area (Å²) in [4.78, 5) is 63.1. The number of ether oxygens (including phenoxy) is 1. The first-order valence-electron chi connectivity index (χ1n) is 19.2. The third kappa shape index (κ3) is 7.29. The monoisotopic (exact) mass is 758 g/mol. The highest BCUT2D eigenvalue weighted by atomic mass is 32.2. The second-order valence-electron chi connectivity index (χ2n) is 15.2. The third-order valence-corrected chi connectivity index (χ3v) is 13.2. The van der Waals surface area contributed by atoms with E-state index in [-0.39, 0.29) is 32.0 Å². The normalized spacial score (nSPS) is 27.6. The summed E-state index contributed by atoms with van der Waals surface area (Å²) in [5.74, 6) is -1.83. The largest absolute Gasteiger partial charge is 0.445 e. The zero-order chi connectivity index (χ0) is 37.5. The molecular formula is C39H46N6O8S. The van der Waals surface area contributed by atoms with Gasteiger partial charge in [-0.2, -0.15) is 0 Å². The molecule has 2 heterocycles. The molecule has 1 saturated heterocycles. The Morgan fingerprint density at radius 2 is 1.56 bits per heavy atom. The minimum atomic E-state index is -3.88. The number of hydrazine groups is 1. The van der Waals surface area contributed by atoms with Gasteiger partial charge in [-0.15, -0.1) is 0 Å². The van der Waals surface area contributed by atoms with E-state index in [0.29, 0.717) is 31.4 Å². The third-order valence-electron chi connectivity index (χ3n) is 11.4. The number of allylic oxidation sites excluding steroid dienone is 1. The summed E-state index contributed by atoms with van der Waals surface area (Å²) in [6.45, 7) is 0.147. The molecule has 0 bridgehead atoms. The van der Waals surface area contributed by atoms with E-state index in [0.717, 1.165) is 60.8 Å². The van der Waals surface area contributed by atoms with Crippen LogP contribution in [-0.4, -0.2) is 90.1 Å². The zero-order valence-corrected chi connectivity index (χ0v) is 30.9. The maximum atomic E-state index is 14.4. The highest BCUT2D eigenvalue weighted by Gasteiger charge is 2.62. The molecule has 8 rings (SSSR count). The number of hydrogen-bond donors (Lipinski definition) is 3. The summed E-state index contributed by atoms with van der Waals surface area (Å²) >= 11 is 0. The van der Waals surface area contributed by atoms with Gasteiger partial charge in [0.25, 0.3) is 5.91 Å². The lowest BCUT2D eigenvalue weighted by molar-refractivity contribution is -0.131. The average Bonchev–Trinajstić information content (AvgIpc) is 3.98. The number of hydrogen-bond acceptors (Lipinski definition) is 9. The van der Waals surface area contributed by atoms with E-state index in [1.165, 1.54) is 9.91 Å². The molecule has 0 spiro atoms. The van der Waals surface area contributed by atoms with Gasteiger partial charge >= 0.3 is 12.1 Å². The highest BCUT2D eigenvalue weighted by molar-refractivity contribution is 7.91. The fourth-order valence-corrected chi connectivity index (χ4v) is 9.50. The number of oxime groups is 1. The fourth-order valence-electron chi connectivity index (χ4n) is 8.14. The van der Waals surface area contributed by atoms with Crippen LogP contribution in [0.1, 0.15) is 88.2 Å². The SMILES string of the molecule is O=C(NN1CCCCC/C=C\[C@@H]2C[C@]2(C(=O)NS(=O)(=O)C2CC2)NC(=O)[C@@H]2C[C@@H](ON=C3c4ccccc4-c4ccccc43)CN2C1=O)OC1CCCC1. The Kier molecular flexibility index (Phi) is 9.84. The molecule has 0 radical (unpaired) electrons. The minimum absolute atomic E-state index is 0.0363. The van der Waals surface area contributed by atoms with Gasteiger partial charge in [0.1, 0.15) is 29.5 Å². The van der Waals surface area contributed by atoms with E-state index in [2.05, 4.69) is 20.6 Å². The molecule has 3 N–H and O–H groups in total. The van der Waals surface area contributed by atoms with Crippen molar-refractivity contribution in [2.24, 2.45) is 11.1 Å². The van der Waals surface area contributed by atoms with Crippen molar-refractivity contribution in [3.8, 4) is 11.1 Å². The molecule has 4 fully saturated rings. The van der Waals surface area contributed by atoms with Crippen LogP contribution in [0.4, 0.5) is 9.59 Å². The number of sulfonamides is 1. The van der Waals surface area contributed by atoms with Gasteiger partial charge in [0.05, 0.1) is 11.8 Å². The average molecular weight is 759 g/mol. The van der Waals surface area contributed by atoms with E-state index in [4.69, 9.17) is 9.57 Å². The van der Waals surface area contributed by atoms with Gasteiger partial charge < -0.3 is 19.8 Å². The van der Waals surface area contributed by atoms with Crippen molar-refractivity contribution < 1.29 is 37.2 Å². The van der Waals surface area contributed by atoms with Crippen LogP contribution >= 0.6 is 0 Å². The summed E-state index contributed by atoms with van der Waals surface area (Å²) < 4.78 is 33.5. The summed E-state index contributed by atoms with van der Waals surface area (Å²) in [6.07, 6.45) is 9.61. The molecule has 14 nitrogen and oxygen atoms in total. The molecule has 0 aromatic heterocycles. The molecule has 2 aliphatic heterocycles. The quantitative estimate of drug-likeness (QED) is 0.233. The summed E-state index contributed by atoms with van der Waals surface area (Å²) in [5, 5.41) is 8.06. The topological polar surface area (TPSA) is 176 Å². The van der Waals surface area contributed by atoms with Crippen LogP contribution < -0.4 is 15.5 Å². The van der Waals surface area contributed by atoms with Gasteiger partial charge in [0.15, 0.2) is 0 Å². The fraction of sp³-hybridized carbons (Fsp3) is 0.513. The molecule has 3 saturated carbocycles. The van der Waals surface area contributed by atoms with E-state index in [1.807, 2.05) is 60.7 Å². The predicted molar refractivity (Wildman–Crippen MR) is 198 cm³/mol. The molecule has 6 aliphatic rings. The predicted octanol–water partition coefficient (Wildman–Crippen LogP) is 4.50. The molecule has 4 aliphatic carbocycles. The molecule has 2 aromatic carbocycles. The molecule has 5 amide bonds. The van der Waals surface area contributed by atoms with E-state index < -0.39 is 62.8 Å². The first kappa shape index (κ1) is 36.1. The molecule has 286 valence electrons. The lowest BCUT2D eigenvalue weighted by Gasteiger charge is -2.32. The first-order chi connectivity index (χ1) is 26.1. The van der Waals surface area contributed by atoms with Crippen LogP contribution in [0.25, 0.3) is 11.1 Å². The second-order valence-corrected chi connectivity index (χ2v) is 17.2. The number of carbonyl (C=O) groups is 4. The first-order valence-corrected chi connectivity index (χ1v) is 20.7. The van der Waals surface area contributed by atoms with Crippen LogP contribution in [-0.2, 0) is 29.2 Å². The number of nitrogens with one attached hydrogen (secondary N) is 3. The molecule has 0 unspecified atom stereocenters. The van der Waals surface area contributed by atoms with Crippen molar-refractivity contribution in [1.82, 2.24) is 25.4 Å². The highest BCUT2D eigenvalue weighted by Crippen LogP contribution is 2.46. The second kappa shape index (κ2) is 14.7. The van der Waals surface area contributed by atoms with Gasteiger partial charge in [-0.1, -0.05) is 72.3 Å². The number of urea groups is 1. The van der Waals surface area contributed by atoms with Crippen molar-refractivity contribution in [3.05, 3.63) is 71.8 Å². The van der Waals surface area contributed by atoms with Gasteiger partial charge in [-0.05, 0) is 75.3 Å². The molecule has 2 aromatic rings. The Morgan fingerprint density at radius 3 is 2.24 bits per heavy atom. The molecule has 15 heteroatoms. The molecular weight excluding hydrogens is 713 g/mol. The van der Waals surface area contributed by atoms with E-state index >= 15 is 0 Å². The standard InChI is InChI=1S/C39H46N6O8S/c46-35-33-22-27(53-42-34-31-17-9-7-15-29(31)30-16-8-10-18-32(30)34)24-44(33)38(49)45(41-37(48)52-26-13-5-6-14-26)21-11-3-1-2-4-12-25-23-39(25,40-35)36(47)43-54(50,51)28-19-20-28/h4,7-10,12,15-18,25-28,33H,1-3,5-6,11,13-14,19-24H2,(H,40,46)(H,41,48)(H,43,47)/b12-4-/t25-,27-,33+,39+/m1/s1. The van der Waals surface area contributed by atoms with Crippen molar-refractivity contribution in [2.75, 3.05) is 13.1 Å². The number of nitrogens with zero attached hydrogens (tertiary/aromatic N) is 3. The number of benzene rings is 2. The summed E-state index contributed by atoms with van der Waals surface area (Å²) in [7, 11) is -3.88. The van der Waals surface area contributed by atoms with E-state index in [1.54, 1.807) is 0 Å². The Balaban J connectivity index is 1.08. The lowest BCUT2D eigenvalue weighted by atomic mass is 10.1.